The van der Waals surface area contributed by atoms with Gasteiger partial charge in [-0.2, -0.15) is 9.29 Å². The second kappa shape index (κ2) is 9.44. The predicted molar refractivity (Wildman–Crippen MR) is 125 cm³/mol. The predicted octanol–water partition coefficient (Wildman–Crippen LogP) is 3.96. The highest BCUT2D eigenvalue weighted by Gasteiger charge is 2.32. The van der Waals surface area contributed by atoms with Crippen LogP contribution in [0.5, 0.6) is 0 Å². The number of carbonyl (C=O) groups excluding carboxylic acids is 1. The summed E-state index contributed by atoms with van der Waals surface area (Å²) in [5.74, 6) is 0.573. The van der Waals surface area contributed by atoms with Crippen molar-refractivity contribution >= 4 is 21.6 Å². The molecule has 0 bridgehead atoms. The maximum absolute atomic E-state index is 13.2. The van der Waals surface area contributed by atoms with Crippen molar-refractivity contribution in [3.8, 4) is 11.4 Å². The number of aromatic nitrogens is 2. The number of hydrogen-bond donors (Lipinski definition) is 1. The van der Waals surface area contributed by atoms with E-state index < -0.39 is 10.0 Å². The molecule has 0 spiro atoms. The Morgan fingerprint density at radius 2 is 1.82 bits per heavy atom. The van der Waals surface area contributed by atoms with Gasteiger partial charge in [-0.05, 0) is 62.1 Å². The number of sulfonamides is 1. The Hall–Kier alpha value is -3.04. The zero-order valence-electron chi connectivity index (χ0n) is 19.0. The SMILES string of the molecule is CCc1nc(-c2cccc(S(=O)(=O)N3CCC(C(=O)Nc4cc(C)cc(C)c4)CC3)c2)no1. The number of amides is 1. The topological polar surface area (TPSA) is 105 Å². The van der Waals surface area contributed by atoms with Crippen molar-refractivity contribution in [3.05, 3.63) is 59.5 Å². The van der Waals surface area contributed by atoms with Crippen LogP contribution in [0.3, 0.4) is 0 Å². The molecule has 1 N–H and O–H groups in total. The van der Waals surface area contributed by atoms with E-state index in [1.165, 1.54) is 4.31 Å². The summed E-state index contributed by atoms with van der Waals surface area (Å²) in [7, 11) is -3.70. The first-order valence-electron chi connectivity index (χ1n) is 11.1. The zero-order valence-corrected chi connectivity index (χ0v) is 19.9. The summed E-state index contributed by atoms with van der Waals surface area (Å²) in [6, 6.07) is 12.5. The number of rotatable bonds is 6. The first-order valence-corrected chi connectivity index (χ1v) is 12.5. The van der Waals surface area contributed by atoms with E-state index in [4.69, 9.17) is 4.52 Å². The zero-order chi connectivity index (χ0) is 23.6. The standard InChI is InChI=1S/C24H28N4O4S/c1-4-22-26-23(27-32-22)19-6-5-7-21(15-19)33(30,31)28-10-8-18(9-11-28)24(29)25-20-13-16(2)12-17(3)14-20/h5-7,12-15,18H,4,8-11H2,1-3H3,(H,25,29). The number of nitrogens with one attached hydrogen (secondary N) is 1. The normalized spacial score (nSPS) is 15.5. The third kappa shape index (κ3) is 5.15. The van der Waals surface area contributed by atoms with Crippen molar-refractivity contribution in [2.24, 2.45) is 5.92 Å². The van der Waals surface area contributed by atoms with Gasteiger partial charge in [-0.15, -0.1) is 0 Å². The average molecular weight is 469 g/mol. The molecule has 1 aliphatic rings. The Balaban J connectivity index is 1.42. The molecule has 2 aromatic carbocycles. The molecule has 1 amide bonds. The fourth-order valence-corrected chi connectivity index (χ4v) is 5.63. The van der Waals surface area contributed by atoms with Gasteiger partial charge >= 0.3 is 0 Å². The first-order chi connectivity index (χ1) is 15.8. The van der Waals surface area contributed by atoms with Gasteiger partial charge in [0.1, 0.15) is 0 Å². The molecule has 174 valence electrons. The first kappa shape index (κ1) is 23.1. The highest BCUT2D eigenvalue weighted by molar-refractivity contribution is 7.89. The Morgan fingerprint density at radius 3 is 2.45 bits per heavy atom. The molecule has 0 radical (unpaired) electrons. The summed E-state index contributed by atoms with van der Waals surface area (Å²) in [6.45, 7) is 6.47. The number of anilines is 1. The number of hydrogen-bond acceptors (Lipinski definition) is 6. The molecule has 9 heteroatoms. The second-order valence-electron chi connectivity index (χ2n) is 8.44. The fourth-order valence-electron chi connectivity index (χ4n) is 4.11. The van der Waals surface area contributed by atoms with Crippen LogP contribution in [-0.2, 0) is 21.2 Å². The lowest BCUT2D eigenvalue weighted by Crippen LogP contribution is -2.41. The van der Waals surface area contributed by atoms with Crippen molar-refractivity contribution in [3.63, 3.8) is 0 Å². The molecular formula is C24H28N4O4S. The number of benzene rings is 2. The van der Waals surface area contributed by atoms with E-state index in [9.17, 15) is 13.2 Å². The van der Waals surface area contributed by atoms with Crippen LogP contribution < -0.4 is 5.32 Å². The highest BCUT2D eigenvalue weighted by Crippen LogP contribution is 2.27. The van der Waals surface area contributed by atoms with Crippen LogP contribution in [0, 0.1) is 19.8 Å². The van der Waals surface area contributed by atoms with E-state index in [-0.39, 0.29) is 16.7 Å². The van der Waals surface area contributed by atoms with Gasteiger partial charge in [0.05, 0.1) is 4.90 Å². The number of carbonyl (C=O) groups is 1. The van der Waals surface area contributed by atoms with Gasteiger partial charge in [0.25, 0.3) is 0 Å². The molecule has 0 unspecified atom stereocenters. The second-order valence-corrected chi connectivity index (χ2v) is 10.4. The molecule has 1 fully saturated rings. The molecule has 4 rings (SSSR count). The third-order valence-electron chi connectivity index (χ3n) is 5.81. The minimum absolute atomic E-state index is 0.0668. The van der Waals surface area contributed by atoms with Gasteiger partial charge in [-0.1, -0.05) is 30.3 Å². The van der Waals surface area contributed by atoms with Crippen LogP contribution in [-0.4, -0.2) is 41.9 Å². The largest absolute Gasteiger partial charge is 0.339 e. The number of aryl methyl sites for hydroxylation is 3. The van der Waals surface area contributed by atoms with Gasteiger partial charge in [0, 0.05) is 36.7 Å². The van der Waals surface area contributed by atoms with Crippen molar-refractivity contribution in [1.29, 1.82) is 0 Å². The van der Waals surface area contributed by atoms with Gasteiger partial charge in [-0.3, -0.25) is 4.79 Å². The average Bonchev–Trinajstić information content (AvgIpc) is 3.28. The Labute approximate surface area is 194 Å². The molecule has 3 aromatic rings. The van der Waals surface area contributed by atoms with E-state index in [0.29, 0.717) is 49.6 Å². The van der Waals surface area contributed by atoms with Gasteiger partial charge in [0.15, 0.2) is 0 Å². The van der Waals surface area contributed by atoms with E-state index in [1.54, 1.807) is 24.3 Å². The van der Waals surface area contributed by atoms with Crippen LogP contribution in [0.1, 0.15) is 36.8 Å². The maximum atomic E-state index is 13.2. The van der Waals surface area contributed by atoms with Crippen LogP contribution in [0.4, 0.5) is 5.69 Å². The molecule has 1 aliphatic heterocycles. The quantitative estimate of drug-likeness (QED) is 0.587. The smallest absolute Gasteiger partial charge is 0.243 e. The molecule has 8 nitrogen and oxygen atoms in total. The lowest BCUT2D eigenvalue weighted by molar-refractivity contribution is -0.120. The summed E-state index contributed by atoms with van der Waals surface area (Å²) in [4.78, 5) is 17.2. The van der Waals surface area contributed by atoms with Crippen molar-refractivity contribution in [1.82, 2.24) is 14.4 Å². The Bertz CT molecular complexity index is 1240. The molecule has 0 aliphatic carbocycles. The lowest BCUT2D eigenvalue weighted by Gasteiger charge is -2.30. The van der Waals surface area contributed by atoms with Gasteiger partial charge in [-0.25, -0.2) is 8.42 Å². The maximum Gasteiger partial charge on any atom is 0.243 e. The van der Waals surface area contributed by atoms with Crippen LogP contribution in [0.25, 0.3) is 11.4 Å². The van der Waals surface area contributed by atoms with E-state index in [1.807, 2.05) is 32.9 Å². The highest BCUT2D eigenvalue weighted by atomic mass is 32.2. The van der Waals surface area contributed by atoms with Crippen molar-refractivity contribution in [2.75, 3.05) is 18.4 Å². The molecule has 1 aromatic heterocycles. The molecule has 0 atom stereocenters. The minimum atomic E-state index is -3.70. The summed E-state index contributed by atoms with van der Waals surface area (Å²) < 4.78 is 33.1. The van der Waals surface area contributed by atoms with Gasteiger partial charge < -0.3 is 9.84 Å². The summed E-state index contributed by atoms with van der Waals surface area (Å²) in [6.07, 6.45) is 1.55. The minimum Gasteiger partial charge on any atom is -0.339 e. The van der Waals surface area contributed by atoms with E-state index in [0.717, 1.165) is 16.8 Å². The third-order valence-corrected chi connectivity index (χ3v) is 7.71. The van der Waals surface area contributed by atoms with E-state index in [2.05, 4.69) is 21.5 Å². The Kier molecular flexibility index (Phi) is 6.62. The van der Waals surface area contributed by atoms with Crippen LogP contribution in [0.15, 0.2) is 51.9 Å². The Morgan fingerprint density at radius 1 is 1.12 bits per heavy atom. The monoisotopic (exact) mass is 468 g/mol. The summed E-state index contributed by atoms with van der Waals surface area (Å²) in [5, 5.41) is 6.91. The lowest BCUT2D eigenvalue weighted by atomic mass is 9.97. The van der Waals surface area contributed by atoms with Crippen molar-refractivity contribution < 1.29 is 17.7 Å². The number of piperidine rings is 1. The van der Waals surface area contributed by atoms with Gasteiger partial charge in [0.2, 0.25) is 27.6 Å². The molecule has 1 saturated heterocycles. The van der Waals surface area contributed by atoms with E-state index >= 15 is 0 Å². The van der Waals surface area contributed by atoms with Crippen LogP contribution in [0.2, 0.25) is 0 Å². The molecule has 0 saturated carbocycles. The molecular weight excluding hydrogens is 440 g/mol. The van der Waals surface area contributed by atoms with Crippen molar-refractivity contribution in [2.45, 2.75) is 44.9 Å². The summed E-state index contributed by atoms with van der Waals surface area (Å²) in [5.41, 5.74) is 3.53. The summed E-state index contributed by atoms with van der Waals surface area (Å²) >= 11 is 0. The van der Waals surface area contributed by atoms with Crippen LogP contribution >= 0.6 is 0 Å². The molecule has 33 heavy (non-hydrogen) atoms. The fraction of sp³-hybridized carbons (Fsp3) is 0.375. The number of nitrogens with zero attached hydrogens (tertiary/aromatic N) is 3. The molecule has 2 heterocycles.